The topological polar surface area (TPSA) is 53.4 Å². The third-order valence-electron chi connectivity index (χ3n) is 2.79. The van der Waals surface area contributed by atoms with E-state index in [4.69, 9.17) is 5.11 Å². The van der Waals surface area contributed by atoms with Gasteiger partial charge in [-0.05, 0) is 19.8 Å². The van der Waals surface area contributed by atoms with Crippen molar-refractivity contribution in [3.8, 4) is 0 Å². The van der Waals surface area contributed by atoms with Gasteiger partial charge in [0.25, 0.3) is 0 Å². The molecule has 1 N–H and O–H groups in total. The lowest BCUT2D eigenvalue weighted by molar-refractivity contribution is -0.129. The van der Waals surface area contributed by atoms with Crippen LogP contribution in [0.15, 0.2) is 5.38 Å². The molecule has 0 bridgehead atoms. The molecular weight excluding hydrogens is 268 g/mol. The Morgan fingerprint density at radius 3 is 3.00 bits per heavy atom. The number of amides is 1. The van der Waals surface area contributed by atoms with Crippen LogP contribution >= 0.6 is 23.1 Å². The maximum Gasteiger partial charge on any atom is 0.232 e. The number of carbonyl (C=O) groups is 1. The molecule has 0 saturated heterocycles. The number of rotatable bonds is 7. The molecule has 100 valence electrons. The third kappa shape index (κ3) is 3.96. The zero-order valence-electron chi connectivity index (χ0n) is 10.5. The van der Waals surface area contributed by atoms with E-state index < -0.39 is 0 Å². The van der Waals surface area contributed by atoms with Crippen molar-refractivity contribution in [2.45, 2.75) is 31.6 Å². The Morgan fingerprint density at radius 2 is 2.44 bits per heavy atom. The Morgan fingerprint density at radius 1 is 1.67 bits per heavy atom. The third-order valence-corrected chi connectivity index (χ3v) is 4.56. The predicted octanol–water partition coefficient (Wildman–Crippen LogP) is 1.67. The van der Waals surface area contributed by atoms with Crippen LogP contribution in [0.4, 0.5) is 0 Å². The van der Waals surface area contributed by atoms with Crippen LogP contribution in [0.2, 0.25) is 0 Å². The highest BCUT2D eigenvalue weighted by Gasteiger charge is 2.31. The molecule has 1 aliphatic rings. The van der Waals surface area contributed by atoms with Gasteiger partial charge in [0, 0.05) is 23.7 Å². The number of aromatic nitrogens is 1. The number of hydrogen-bond donors (Lipinski definition) is 1. The molecule has 0 aliphatic heterocycles. The molecule has 1 aromatic heterocycles. The first kappa shape index (κ1) is 13.8. The maximum atomic E-state index is 12.0. The molecule has 1 fully saturated rings. The van der Waals surface area contributed by atoms with Crippen molar-refractivity contribution in [3.63, 3.8) is 0 Å². The number of thiazole rings is 1. The standard InChI is InChI=1S/C12H18N2O2S2/c1-9-13-10(7-18-9)6-17-8-12(16)14(4-5-15)11-2-3-11/h7,11,15H,2-6,8H2,1H3. The van der Waals surface area contributed by atoms with Crippen LogP contribution in [-0.4, -0.2) is 45.8 Å². The first-order chi connectivity index (χ1) is 8.70. The van der Waals surface area contributed by atoms with Gasteiger partial charge >= 0.3 is 0 Å². The lowest BCUT2D eigenvalue weighted by atomic mass is 10.4. The molecule has 4 nitrogen and oxygen atoms in total. The highest BCUT2D eigenvalue weighted by atomic mass is 32.2. The first-order valence-electron chi connectivity index (χ1n) is 6.10. The smallest absolute Gasteiger partial charge is 0.232 e. The summed E-state index contributed by atoms with van der Waals surface area (Å²) in [5.74, 6) is 1.41. The van der Waals surface area contributed by atoms with Crippen LogP contribution in [0.3, 0.4) is 0 Å². The Kier molecular flexibility index (Phi) is 5.03. The van der Waals surface area contributed by atoms with E-state index in [1.807, 2.05) is 17.2 Å². The second kappa shape index (κ2) is 6.54. The van der Waals surface area contributed by atoms with E-state index in [0.29, 0.717) is 18.3 Å². The molecule has 1 aromatic rings. The zero-order chi connectivity index (χ0) is 13.0. The van der Waals surface area contributed by atoms with Crippen LogP contribution < -0.4 is 0 Å². The number of aryl methyl sites for hydroxylation is 1. The molecule has 18 heavy (non-hydrogen) atoms. The van der Waals surface area contributed by atoms with Crippen molar-refractivity contribution < 1.29 is 9.90 Å². The van der Waals surface area contributed by atoms with Crippen molar-refractivity contribution in [2.75, 3.05) is 18.9 Å². The van der Waals surface area contributed by atoms with Gasteiger partial charge in [-0.1, -0.05) is 0 Å². The monoisotopic (exact) mass is 286 g/mol. The molecule has 0 unspecified atom stereocenters. The molecule has 1 amide bonds. The summed E-state index contributed by atoms with van der Waals surface area (Å²) in [5, 5.41) is 12.1. The largest absolute Gasteiger partial charge is 0.395 e. The van der Waals surface area contributed by atoms with Gasteiger partial charge in [0.2, 0.25) is 5.91 Å². The fraction of sp³-hybridized carbons (Fsp3) is 0.667. The van der Waals surface area contributed by atoms with Gasteiger partial charge in [-0.3, -0.25) is 4.79 Å². The van der Waals surface area contributed by atoms with Crippen molar-refractivity contribution in [3.05, 3.63) is 16.1 Å². The summed E-state index contributed by atoms with van der Waals surface area (Å²) >= 11 is 3.24. The number of hydrogen-bond acceptors (Lipinski definition) is 5. The summed E-state index contributed by atoms with van der Waals surface area (Å²) < 4.78 is 0. The summed E-state index contributed by atoms with van der Waals surface area (Å²) in [4.78, 5) is 18.2. The molecule has 0 radical (unpaired) electrons. The second-order valence-corrected chi connectivity index (χ2v) is 6.44. The van der Waals surface area contributed by atoms with Gasteiger partial charge in [0.1, 0.15) is 0 Å². The van der Waals surface area contributed by atoms with Crippen molar-refractivity contribution in [2.24, 2.45) is 0 Å². The molecule has 2 rings (SSSR count). The second-order valence-electron chi connectivity index (χ2n) is 4.39. The minimum absolute atomic E-state index is 0.0538. The molecule has 0 aromatic carbocycles. The number of aliphatic hydroxyl groups excluding tert-OH is 1. The predicted molar refractivity (Wildman–Crippen MR) is 74.8 cm³/mol. The number of aliphatic hydroxyl groups is 1. The summed E-state index contributed by atoms with van der Waals surface area (Å²) in [6, 6.07) is 0.381. The SMILES string of the molecule is Cc1nc(CSCC(=O)N(CCO)C2CC2)cs1. The van der Waals surface area contributed by atoms with Gasteiger partial charge in [-0.2, -0.15) is 0 Å². The Balaban J connectivity index is 1.73. The molecule has 0 atom stereocenters. The highest BCUT2D eigenvalue weighted by molar-refractivity contribution is 7.99. The summed E-state index contributed by atoms with van der Waals surface area (Å²) in [7, 11) is 0. The Labute approximate surface area is 115 Å². The van der Waals surface area contributed by atoms with E-state index in [1.54, 1.807) is 23.1 Å². The minimum Gasteiger partial charge on any atom is -0.395 e. The lowest BCUT2D eigenvalue weighted by Crippen LogP contribution is -2.36. The van der Waals surface area contributed by atoms with E-state index in [2.05, 4.69) is 4.98 Å². The first-order valence-corrected chi connectivity index (χ1v) is 8.13. The molecule has 6 heteroatoms. The van der Waals surface area contributed by atoms with Gasteiger partial charge in [0.15, 0.2) is 0 Å². The van der Waals surface area contributed by atoms with E-state index >= 15 is 0 Å². The van der Waals surface area contributed by atoms with Gasteiger partial charge < -0.3 is 10.0 Å². The molecule has 0 spiro atoms. The fourth-order valence-corrected chi connectivity index (χ4v) is 3.32. The Hall–Kier alpha value is -0.590. The number of nitrogens with zero attached hydrogens (tertiary/aromatic N) is 2. The normalized spacial score (nSPS) is 14.8. The van der Waals surface area contributed by atoms with Crippen LogP contribution in [0.1, 0.15) is 23.5 Å². The van der Waals surface area contributed by atoms with Crippen molar-refractivity contribution in [1.29, 1.82) is 0 Å². The number of carbonyl (C=O) groups excluding carboxylic acids is 1. The van der Waals surface area contributed by atoms with E-state index in [1.165, 1.54) is 0 Å². The Bertz CT molecular complexity index is 405. The van der Waals surface area contributed by atoms with Gasteiger partial charge in [0.05, 0.1) is 23.1 Å². The fourth-order valence-electron chi connectivity index (χ4n) is 1.81. The lowest BCUT2D eigenvalue weighted by Gasteiger charge is -2.20. The molecule has 1 saturated carbocycles. The van der Waals surface area contributed by atoms with E-state index in [-0.39, 0.29) is 12.5 Å². The van der Waals surface area contributed by atoms with Crippen molar-refractivity contribution >= 4 is 29.0 Å². The van der Waals surface area contributed by atoms with E-state index in [9.17, 15) is 4.79 Å². The van der Waals surface area contributed by atoms with Crippen LogP contribution in [0, 0.1) is 6.92 Å². The molecular formula is C12H18N2O2S2. The van der Waals surface area contributed by atoms with Crippen LogP contribution in [0.5, 0.6) is 0 Å². The summed E-state index contributed by atoms with van der Waals surface area (Å²) in [6.45, 7) is 2.51. The van der Waals surface area contributed by atoms with Crippen LogP contribution in [-0.2, 0) is 10.5 Å². The van der Waals surface area contributed by atoms with Crippen molar-refractivity contribution in [1.82, 2.24) is 9.88 Å². The maximum absolute atomic E-state index is 12.0. The van der Waals surface area contributed by atoms with Gasteiger partial charge in [-0.15, -0.1) is 23.1 Å². The molecule has 1 heterocycles. The van der Waals surface area contributed by atoms with E-state index in [0.717, 1.165) is 29.3 Å². The quantitative estimate of drug-likeness (QED) is 0.828. The average Bonchev–Trinajstić information content (AvgIpc) is 3.10. The molecule has 1 aliphatic carbocycles. The van der Waals surface area contributed by atoms with Gasteiger partial charge in [-0.25, -0.2) is 4.98 Å². The summed E-state index contributed by atoms with van der Waals surface area (Å²) in [5.41, 5.74) is 1.05. The zero-order valence-corrected chi connectivity index (χ0v) is 12.1. The minimum atomic E-state index is 0.0538. The number of thioether (sulfide) groups is 1. The van der Waals surface area contributed by atoms with Crippen LogP contribution in [0.25, 0.3) is 0 Å². The highest BCUT2D eigenvalue weighted by Crippen LogP contribution is 2.27. The average molecular weight is 286 g/mol. The summed E-state index contributed by atoms with van der Waals surface area (Å²) in [6.07, 6.45) is 2.17.